The van der Waals surface area contributed by atoms with E-state index < -0.39 is 6.04 Å². The molecule has 3 N–H and O–H groups in total. The summed E-state index contributed by atoms with van der Waals surface area (Å²) in [5.74, 6) is 0.220. The molecule has 2 heterocycles. The first-order valence-electron chi connectivity index (χ1n) is 9.76. The number of urea groups is 1. The molecule has 0 unspecified atom stereocenters. The first-order valence-corrected chi connectivity index (χ1v) is 10.5. The van der Waals surface area contributed by atoms with Crippen molar-refractivity contribution in [2.24, 2.45) is 0 Å². The largest absolute Gasteiger partial charge is 0.382 e. The van der Waals surface area contributed by atoms with Crippen LogP contribution in [0, 0.1) is 0 Å². The maximum absolute atomic E-state index is 12.9. The topological polar surface area (TPSA) is 99.3 Å². The summed E-state index contributed by atoms with van der Waals surface area (Å²) >= 11 is 12.4. The molecule has 0 bridgehead atoms. The second-order valence-electron chi connectivity index (χ2n) is 7.17. The zero-order valence-corrected chi connectivity index (χ0v) is 18.3. The van der Waals surface area contributed by atoms with Crippen LogP contribution in [0.1, 0.15) is 28.6 Å². The first kappa shape index (κ1) is 21.4. The number of ether oxygens (including phenoxy) is 1. The Morgan fingerprint density at radius 1 is 1.29 bits per heavy atom. The number of methoxy groups -OCH3 is 1. The molecule has 31 heavy (non-hydrogen) atoms. The number of nitrogens with one attached hydrogen (secondary N) is 3. The Labute approximate surface area is 188 Å². The molecule has 1 atom stereocenters. The van der Waals surface area contributed by atoms with Gasteiger partial charge in [-0.15, -0.1) is 0 Å². The molecule has 1 aliphatic rings. The molecule has 1 fully saturated rings. The monoisotopic (exact) mass is 461 g/mol. The number of imidazole rings is 1. The molecular weight excluding hydrogens is 441 g/mol. The van der Waals surface area contributed by atoms with Gasteiger partial charge in [0, 0.05) is 30.8 Å². The SMILES string of the molecule is COC[C@H](NC(=O)c1ccc(N2CCCNC2=O)c(Cl)c1)c1nc2cc(Cl)ccc2[nH]1. The summed E-state index contributed by atoms with van der Waals surface area (Å²) in [7, 11) is 1.55. The fourth-order valence-electron chi connectivity index (χ4n) is 3.49. The zero-order valence-electron chi connectivity index (χ0n) is 16.7. The molecule has 10 heteroatoms. The number of anilines is 1. The van der Waals surface area contributed by atoms with E-state index >= 15 is 0 Å². The van der Waals surface area contributed by atoms with Gasteiger partial charge >= 0.3 is 6.03 Å². The Bertz CT molecular complexity index is 1130. The summed E-state index contributed by atoms with van der Waals surface area (Å²) in [6.07, 6.45) is 0.825. The maximum atomic E-state index is 12.9. The summed E-state index contributed by atoms with van der Waals surface area (Å²) in [5, 5.41) is 6.61. The van der Waals surface area contributed by atoms with Crippen LogP contribution in [0.3, 0.4) is 0 Å². The van der Waals surface area contributed by atoms with Crippen LogP contribution < -0.4 is 15.5 Å². The summed E-state index contributed by atoms with van der Waals surface area (Å²) in [6, 6.07) is 9.51. The average molecular weight is 462 g/mol. The number of nitrogens with zero attached hydrogens (tertiary/aromatic N) is 2. The van der Waals surface area contributed by atoms with E-state index in [1.54, 1.807) is 42.3 Å². The zero-order chi connectivity index (χ0) is 22.0. The molecular formula is C21H21Cl2N5O3. The van der Waals surface area contributed by atoms with Gasteiger partial charge < -0.3 is 20.4 Å². The minimum absolute atomic E-state index is 0.199. The van der Waals surface area contributed by atoms with Crippen molar-refractivity contribution in [2.75, 3.05) is 31.7 Å². The van der Waals surface area contributed by atoms with Crippen molar-refractivity contribution >= 4 is 51.9 Å². The van der Waals surface area contributed by atoms with Crippen LogP contribution in [0.25, 0.3) is 11.0 Å². The lowest BCUT2D eigenvalue weighted by molar-refractivity contribution is 0.0892. The third-order valence-corrected chi connectivity index (χ3v) is 5.55. The van der Waals surface area contributed by atoms with Gasteiger partial charge in [0.05, 0.1) is 28.4 Å². The molecule has 1 aliphatic heterocycles. The first-order chi connectivity index (χ1) is 15.0. The Morgan fingerprint density at radius 3 is 2.87 bits per heavy atom. The molecule has 1 saturated heterocycles. The van der Waals surface area contributed by atoms with Gasteiger partial charge in [-0.2, -0.15) is 0 Å². The second kappa shape index (κ2) is 9.13. The molecule has 2 aromatic carbocycles. The number of aromatic nitrogens is 2. The molecule has 1 aromatic heterocycles. The number of aromatic amines is 1. The van der Waals surface area contributed by atoms with Gasteiger partial charge in [0.15, 0.2) is 0 Å². The number of hydrogen-bond acceptors (Lipinski definition) is 4. The Kier molecular flexibility index (Phi) is 6.31. The van der Waals surface area contributed by atoms with E-state index in [-0.39, 0.29) is 18.5 Å². The highest BCUT2D eigenvalue weighted by atomic mass is 35.5. The molecule has 0 radical (unpaired) electrons. The van der Waals surface area contributed by atoms with Crippen LogP contribution in [-0.2, 0) is 4.74 Å². The maximum Gasteiger partial charge on any atom is 0.321 e. The molecule has 3 amide bonds. The van der Waals surface area contributed by atoms with Gasteiger partial charge in [0.1, 0.15) is 11.9 Å². The number of halogens is 2. The number of carbonyl (C=O) groups excluding carboxylic acids is 2. The van der Waals surface area contributed by atoms with Gasteiger partial charge in [-0.1, -0.05) is 23.2 Å². The van der Waals surface area contributed by atoms with Crippen molar-refractivity contribution in [1.82, 2.24) is 20.6 Å². The molecule has 162 valence electrons. The fourth-order valence-corrected chi connectivity index (χ4v) is 3.94. The van der Waals surface area contributed by atoms with Crippen LogP contribution in [0.2, 0.25) is 10.0 Å². The highest BCUT2D eigenvalue weighted by molar-refractivity contribution is 6.34. The van der Waals surface area contributed by atoms with Gasteiger partial charge in [0.2, 0.25) is 0 Å². The van der Waals surface area contributed by atoms with Gasteiger partial charge in [-0.3, -0.25) is 9.69 Å². The number of rotatable bonds is 6. The minimum Gasteiger partial charge on any atom is -0.382 e. The van der Waals surface area contributed by atoms with Crippen molar-refractivity contribution in [3.05, 3.63) is 57.8 Å². The van der Waals surface area contributed by atoms with Crippen molar-refractivity contribution in [2.45, 2.75) is 12.5 Å². The molecule has 8 nitrogen and oxygen atoms in total. The Balaban J connectivity index is 1.54. The van der Waals surface area contributed by atoms with E-state index in [9.17, 15) is 9.59 Å². The fraction of sp³-hybridized carbons (Fsp3) is 0.286. The summed E-state index contributed by atoms with van der Waals surface area (Å²) in [6.45, 7) is 1.43. The number of amides is 3. The molecule has 4 rings (SSSR count). The molecule has 0 saturated carbocycles. The van der Waals surface area contributed by atoms with E-state index in [1.807, 2.05) is 6.07 Å². The van der Waals surface area contributed by atoms with Crippen LogP contribution in [0.4, 0.5) is 10.5 Å². The Morgan fingerprint density at radius 2 is 2.13 bits per heavy atom. The van der Waals surface area contributed by atoms with Crippen LogP contribution in [0.15, 0.2) is 36.4 Å². The van der Waals surface area contributed by atoms with Crippen molar-refractivity contribution in [3.63, 3.8) is 0 Å². The number of fused-ring (bicyclic) bond motifs is 1. The normalized spacial score (nSPS) is 15.1. The van der Waals surface area contributed by atoms with E-state index in [0.29, 0.717) is 45.7 Å². The quantitative estimate of drug-likeness (QED) is 0.517. The van der Waals surface area contributed by atoms with Gasteiger partial charge in [0.25, 0.3) is 5.91 Å². The number of benzene rings is 2. The van der Waals surface area contributed by atoms with E-state index in [0.717, 1.165) is 11.9 Å². The Hall–Kier alpha value is -2.81. The highest BCUT2D eigenvalue weighted by Gasteiger charge is 2.23. The third kappa shape index (κ3) is 4.61. The third-order valence-electron chi connectivity index (χ3n) is 5.01. The van der Waals surface area contributed by atoms with E-state index in [1.165, 1.54) is 0 Å². The predicted octanol–water partition coefficient (Wildman–Crippen LogP) is 3.91. The van der Waals surface area contributed by atoms with Gasteiger partial charge in [-0.25, -0.2) is 9.78 Å². The lowest BCUT2D eigenvalue weighted by Crippen LogP contribution is -2.46. The number of hydrogen-bond donors (Lipinski definition) is 3. The highest BCUT2D eigenvalue weighted by Crippen LogP contribution is 2.28. The molecule has 0 aliphatic carbocycles. The lowest BCUT2D eigenvalue weighted by atomic mass is 10.1. The lowest BCUT2D eigenvalue weighted by Gasteiger charge is -2.28. The van der Waals surface area contributed by atoms with Gasteiger partial charge in [-0.05, 0) is 42.8 Å². The molecule has 0 spiro atoms. The van der Waals surface area contributed by atoms with Crippen molar-refractivity contribution in [1.29, 1.82) is 0 Å². The summed E-state index contributed by atoms with van der Waals surface area (Å²) in [4.78, 5) is 34.3. The second-order valence-corrected chi connectivity index (χ2v) is 8.01. The average Bonchev–Trinajstić information content (AvgIpc) is 3.17. The summed E-state index contributed by atoms with van der Waals surface area (Å²) in [5.41, 5.74) is 2.44. The minimum atomic E-state index is -0.505. The van der Waals surface area contributed by atoms with Crippen molar-refractivity contribution < 1.29 is 14.3 Å². The predicted molar refractivity (Wildman–Crippen MR) is 120 cm³/mol. The standard InChI is InChI=1S/C21H21Cl2N5O3/c1-31-11-17(19-25-15-5-4-13(22)10-16(15)26-19)27-20(29)12-3-6-18(14(23)9-12)28-8-2-7-24-21(28)30/h3-6,9-10,17H,2,7-8,11H2,1H3,(H,24,30)(H,25,26)(H,27,29)/t17-/m0/s1. The van der Waals surface area contributed by atoms with E-state index in [2.05, 4.69) is 20.6 Å². The number of H-pyrrole nitrogens is 1. The van der Waals surface area contributed by atoms with Crippen LogP contribution >= 0.6 is 23.2 Å². The summed E-state index contributed by atoms with van der Waals surface area (Å²) < 4.78 is 5.27. The number of carbonyl (C=O) groups is 2. The van der Waals surface area contributed by atoms with Crippen molar-refractivity contribution in [3.8, 4) is 0 Å². The van der Waals surface area contributed by atoms with Crippen LogP contribution in [-0.4, -0.2) is 48.7 Å². The molecule has 3 aromatic rings. The van der Waals surface area contributed by atoms with E-state index in [4.69, 9.17) is 27.9 Å². The smallest absolute Gasteiger partial charge is 0.321 e. The van der Waals surface area contributed by atoms with Crippen LogP contribution in [0.5, 0.6) is 0 Å².